The van der Waals surface area contributed by atoms with Crippen molar-refractivity contribution in [1.29, 1.82) is 10.5 Å². The van der Waals surface area contributed by atoms with Gasteiger partial charge in [0.05, 0.1) is 51.0 Å². The summed E-state index contributed by atoms with van der Waals surface area (Å²) in [6, 6.07) is 48.4. The lowest BCUT2D eigenvalue weighted by Crippen LogP contribution is -2.00. The first-order valence-corrected chi connectivity index (χ1v) is 14.2. The number of rotatable bonds is 3. The fourth-order valence-electron chi connectivity index (χ4n) is 6.56. The summed E-state index contributed by atoms with van der Waals surface area (Å²) in [5.41, 5.74) is 10.5. The first-order chi connectivity index (χ1) is 21.2. The average molecular weight is 549 g/mol. The molecule has 0 aliphatic carbocycles. The zero-order valence-corrected chi connectivity index (χ0v) is 23.4. The van der Waals surface area contributed by atoms with Gasteiger partial charge < -0.3 is 9.13 Å². The molecule has 8 rings (SSSR count). The Morgan fingerprint density at radius 2 is 1.09 bits per heavy atom. The largest absolute Gasteiger partial charge is 0.309 e. The van der Waals surface area contributed by atoms with Gasteiger partial charge in [0.1, 0.15) is 0 Å². The van der Waals surface area contributed by atoms with Crippen molar-refractivity contribution in [2.24, 2.45) is 0 Å². The van der Waals surface area contributed by atoms with Gasteiger partial charge in [0.25, 0.3) is 0 Å². The average Bonchev–Trinajstić information content (AvgIpc) is 3.57. The first kappa shape index (κ1) is 24.7. The van der Waals surface area contributed by atoms with E-state index in [-0.39, 0.29) is 0 Å². The highest BCUT2D eigenvalue weighted by Crippen LogP contribution is 2.39. The molecule has 0 atom stereocenters. The lowest BCUT2D eigenvalue weighted by atomic mass is 9.96. The maximum atomic E-state index is 10.5. The third-order valence-electron chi connectivity index (χ3n) is 8.45. The number of nitriles is 2. The van der Waals surface area contributed by atoms with Crippen LogP contribution in [0.5, 0.6) is 0 Å². The van der Waals surface area contributed by atoms with E-state index in [1.165, 1.54) is 10.8 Å². The molecule has 0 spiro atoms. The van der Waals surface area contributed by atoms with Crippen molar-refractivity contribution in [3.63, 3.8) is 0 Å². The van der Waals surface area contributed by atoms with Crippen LogP contribution in [-0.2, 0) is 0 Å². The van der Waals surface area contributed by atoms with Crippen LogP contribution in [0.4, 0.5) is 0 Å². The predicted octanol–water partition coefficient (Wildman–Crippen LogP) is 9.60. The molecule has 43 heavy (non-hydrogen) atoms. The van der Waals surface area contributed by atoms with Gasteiger partial charge in [-0.2, -0.15) is 10.5 Å². The van der Waals surface area contributed by atoms with E-state index in [0.29, 0.717) is 11.1 Å². The highest BCUT2D eigenvalue weighted by molar-refractivity contribution is 6.11. The molecular weight excluding hydrogens is 524 g/mol. The number of nitrogens with zero attached hydrogens (tertiary/aromatic N) is 4. The van der Waals surface area contributed by atoms with Gasteiger partial charge in [-0.3, -0.25) is 0 Å². The highest BCUT2D eigenvalue weighted by atomic mass is 15.0. The van der Waals surface area contributed by atoms with E-state index in [4.69, 9.17) is 0 Å². The summed E-state index contributed by atoms with van der Waals surface area (Å²) in [7, 11) is 0. The van der Waals surface area contributed by atoms with Crippen LogP contribution in [0.15, 0.2) is 127 Å². The number of benzene rings is 6. The van der Waals surface area contributed by atoms with Crippen LogP contribution in [0.25, 0.3) is 66.1 Å². The molecule has 0 radical (unpaired) electrons. The topological polar surface area (TPSA) is 57.4 Å². The summed E-state index contributed by atoms with van der Waals surface area (Å²) < 4.78 is 4.49. The standard InChI is InChI=1S/C39H24N4/c1-25-14-18-38(43-37-13-7-4-10-32(37)34-21-26(23-40)15-19-39(34)43)33(20-25)29-17-16-28(22-27(29)24-41)42-35-11-5-2-8-30(35)31-9-3-6-12-36(31)42/h2-22H,1H3. The van der Waals surface area contributed by atoms with E-state index in [1.54, 1.807) is 0 Å². The number of fused-ring (bicyclic) bond motifs is 6. The summed E-state index contributed by atoms with van der Waals surface area (Å²) in [6.45, 7) is 2.08. The molecule has 4 nitrogen and oxygen atoms in total. The lowest BCUT2D eigenvalue weighted by molar-refractivity contribution is 1.17. The number of aromatic nitrogens is 2. The van der Waals surface area contributed by atoms with Crippen LogP contribution in [0.2, 0.25) is 0 Å². The van der Waals surface area contributed by atoms with Crippen molar-refractivity contribution >= 4 is 43.6 Å². The Kier molecular flexibility index (Phi) is 5.44. The van der Waals surface area contributed by atoms with Crippen LogP contribution in [0.1, 0.15) is 16.7 Å². The Labute approximate surface area is 248 Å². The van der Waals surface area contributed by atoms with Gasteiger partial charge in [0.15, 0.2) is 0 Å². The summed E-state index contributed by atoms with van der Waals surface area (Å²) in [5.74, 6) is 0. The van der Waals surface area contributed by atoms with Gasteiger partial charge in [-0.25, -0.2) is 0 Å². The van der Waals surface area contributed by atoms with E-state index in [9.17, 15) is 10.5 Å². The van der Waals surface area contributed by atoms with E-state index >= 15 is 0 Å². The summed E-state index contributed by atoms with van der Waals surface area (Å²) in [4.78, 5) is 0. The van der Waals surface area contributed by atoms with Crippen molar-refractivity contribution in [1.82, 2.24) is 9.13 Å². The van der Waals surface area contributed by atoms with Gasteiger partial charge in [0.2, 0.25) is 0 Å². The van der Waals surface area contributed by atoms with Gasteiger partial charge in [-0.05, 0) is 67.6 Å². The molecule has 0 fully saturated rings. The maximum absolute atomic E-state index is 10.5. The minimum Gasteiger partial charge on any atom is -0.309 e. The van der Waals surface area contributed by atoms with Crippen LogP contribution >= 0.6 is 0 Å². The lowest BCUT2D eigenvalue weighted by Gasteiger charge is -2.17. The fourth-order valence-corrected chi connectivity index (χ4v) is 6.56. The second-order valence-electron chi connectivity index (χ2n) is 10.9. The molecule has 0 unspecified atom stereocenters. The van der Waals surface area contributed by atoms with E-state index in [0.717, 1.165) is 60.9 Å². The van der Waals surface area contributed by atoms with E-state index in [2.05, 4.69) is 119 Å². The van der Waals surface area contributed by atoms with E-state index < -0.39 is 0 Å². The molecule has 0 saturated carbocycles. The fraction of sp³-hybridized carbons (Fsp3) is 0.0256. The molecule has 0 bridgehead atoms. The molecule has 200 valence electrons. The van der Waals surface area contributed by atoms with Gasteiger partial charge in [-0.1, -0.05) is 72.3 Å². The minimum absolute atomic E-state index is 0.610. The van der Waals surface area contributed by atoms with Crippen molar-refractivity contribution in [2.45, 2.75) is 6.92 Å². The maximum Gasteiger partial charge on any atom is 0.0998 e. The number of hydrogen-bond donors (Lipinski definition) is 0. The second-order valence-corrected chi connectivity index (χ2v) is 10.9. The van der Waals surface area contributed by atoms with Crippen LogP contribution in [0.3, 0.4) is 0 Å². The Balaban J connectivity index is 1.39. The SMILES string of the molecule is Cc1ccc(-n2c3ccccc3c3cc(C#N)ccc32)c(-c2ccc(-n3c4ccccc4c4ccccc43)cc2C#N)c1. The van der Waals surface area contributed by atoms with Crippen molar-refractivity contribution < 1.29 is 0 Å². The normalized spacial score (nSPS) is 11.3. The summed E-state index contributed by atoms with van der Waals surface area (Å²) in [5, 5.41) is 24.6. The predicted molar refractivity (Wildman–Crippen MR) is 175 cm³/mol. The Hall–Kier alpha value is -6.10. The molecule has 2 aromatic heterocycles. The second kappa shape index (κ2) is 9.48. The molecule has 0 saturated heterocycles. The summed E-state index contributed by atoms with van der Waals surface area (Å²) >= 11 is 0. The minimum atomic E-state index is 0.610. The molecule has 6 aromatic carbocycles. The Bertz CT molecular complexity index is 2440. The molecule has 2 heterocycles. The molecule has 0 aliphatic rings. The molecule has 4 heteroatoms. The Morgan fingerprint density at radius 1 is 0.488 bits per heavy atom. The monoisotopic (exact) mass is 548 g/mol. The first-order valence-electron chi connectivity index (χ1n) is 14.2. The van der Waals surface area contributed by atoms with Crippen molar-refractivity contribution in [3.8, 4) is 34.6 Å². The molecular formula is C39H24N4. The molecule has 8 aromatic rings. The third kappa shape index (κ3) is 3.68. The van der Waals surface area contributed by atoms with Gasteiger partial charge in [-0.15, -0.1) is 0 Å². The van der Waals surface area contributed by atoms with Crippen LogP contribution in [0, 0.1) is 29.6 Å². The number of para-hydroxylation sites is 3. The number of aryl methyl sites for hydroxylation is 1. The van der Waals surface area contributed by atoms with Gasteiger partial charge >= 0.3 is 0 Å². The van der Waals surface area contributed by atoms with Crippen LogP contribution in [-0.4, -0.2) is 9.13 Å². The van der Waals surface area contributed by atoms with Crippen LogP contribution < -0.4 is 0 Å². The zero-order chi connectivity index (χ0) is 29.1. The highest BCUT2D eigenvalue weighted by Gasteiger charge is 2.19. The Morgan fingerprint density at radius 3 is 1.74 bits per heavy atom. The van der Waals surface area contributed by atoms with Crippen molar-refractivity contribution in [3.05, 3.63) is 144 Å². The smallest absolute Gasteiger partial charge is 0.0998 e. The molecule has 0 aliphatic heterocycles. The quantitative estimate of drug-likeness (QED) is 0.221. The number of hydrogen-bond acceptors (Lipinski definition) is 2. The molecule has 0 N–H and O–H groups in total. The van der Waals surface area contributed by atoms with Gasteiger partial charge in [0, 0.05) is 38.4 Å². The zero-order valence-electron chi connectivity index (χ0n) is 23.4. The molecule has 0 amide bonds. The summed E-state index contributed by atoms with van der Waals surface area (Å²) in [6.07, 6.45) is 0. The third-order valence-corrected chi connectivity index (χ3v) is 8.45. The van der Waals surface area contributed by atoms with E-state index in [1.807, 2.05) is 36.4 Å². The van der Waals surface area contributed by atoms with Crippen molar-refractivity contribution in [2.75, 3.05) is 0 Å².